The van der Waals surface area contributed by atoms with Gasteiger partial charge in [0, 0.05) is 19.6 Å². The smallest absolute Gasteiger partial charge is 0.410 e. The third kappa shape index (κ3) is 5.75. The molecule has 0 aliphatic carbocycles. The van der Waals surface area contributed by atoms with E-state index in [0.29, 0.717) is 36.5 Å². The average Bonchev–Trinajstić information content (AvgIpc) is 2.67. The van der Waals surface area contributed by atoms with Crippen LogP contribution in [0.5, 0.6) is 0 Å². The maximum atomic E-state index is 12.2. The summed E-state index contributed by atoms with van der Waals surface area (Å²) in [5, 5.41) is 3.77. The van der Waals surface area contributed by atoms with Gasteiger partial charge in [-0.15, -0.1) is 12.4 Å². The minimum atomic E-state index is -0.242. The molecule has 6 nitrogen and oxygen atoms in total. The van der Waals surface area contributed by atoms with E-state index in [9.17, 15) is 4.79 Å². The lowest BCUT2D eigenvalue weighted by atomic mass is 9.97. The van der Waals surface area contributed by atoms with Crippen molar-refractivity contribution in [2.24, 2.45) is 5.92 Å². The zero-order chi connectivity index (χ0) is 17.5. The summed E-state index contributed by atoms with van der Waals surface area (Å²) in [5.41, 5.74) is 0.997. The predicted octanol–water partition coefficient (Wildman–Crippen LogP) is 4.01. The zero-order valence-electron chi connectivity index (χ0n) is 14.3. The lowest BCUT2D eigenvalue weighted by Gasteiger charge is -2.31. The van der Waals surface area contributed by atoms with Gasteiger partial charge in [-0.25, -0.2) is 14.8 Å². The first-order valence-corrected chi connectivity index (χ1v) is 8.75. The highest BCUT2D eigenvalue weighted by molar-refractivity contribution is 6.32. The van der Waals surface area contributed by atoms with Gasteiger partial charge in [0.1, 0.15) is 23.8 Å². The van der Waals surface area contributed by atoms with Gasteiger partial charge >= 0.3 is 6.09 Å². The number of anilines is 1. The standard InChI is InChI=1S/C18H21ClN4O2.ClH/c19-16-11-20-13-22-17(16)21-10-14-6-8-23(9-7-14)18(24)25-12-15-4-2-1-3-5-15;/h1-5,11,13-14H,6-10,12H2,(H,20,21,22);1H. The van der Waals surface area contributed by atoms with Crippen molar-refractivity contribution in [1.29, 1.82) is 0 Å². The summed E-state index contributed by atoms with van der Waals surface area (Å²) in [6.45, 7) is 2.51. The lowest BCUT2D eigenvalue weighted by Crippen LogP contribution is -2.40. The van der Waals surface area contributed by atoms with Crippen LogP contribution in [-0.4, -0.2) is 40.6 Å². The number of hydrogen-bond acceptors (Lipinski definition) is 5. The number of carbonyl (C=O) groups excluding carboxylic acids is 1. The molecule has 26 heavy (non-hydrogen) atoms. The van der Waals surface area contributed by atoms with Gasteiger partial charge < -0.3 is 15.0 Å². The van der Waals surface area contributed by atoms with E-state index in [-0.39, 0.29) is 18.5 Å². The van der Waals surface area contributed by atoms with Gasteiger partial charge in [0.15, 0.2) is 0 Å². The molecule has 140 valence electrons. The lowest BCUT2D eigenvalue weighted by molar-refractivity contribution is 0.0832. The summed E-state index contributed by atoms with van der Waals surface area (Å²) in [4.78, 5) is 21.9. The number of rotatable bonds is 5. The van der Waals surface area contributed by atoms with E-state index in [4.69, 9.17) is 16.3 Å². The third-order valence-electron chi connectivity index (χ3n) is 4.30. The van der Waals surface area contributed by atoms with Crippen LogP contribution in [0.4, 0.5) is 10.6 Å². The van der Waals surface area contributed by atoms with Crippen molar-refractivity contribution < 1.29 is 9.53 Å². The van der Waals surface area contributed by atoms with Crippen molar-refractivity contribution in [1.82, 2.24) is 14.9 Å². The minimum Gasteiger partial charge on any atom is -0.445 e. The van der Waals surface area contributed by atoms with E-state index >= 15 is 0 Å². The molecule has 1 aromatic heterocycles. The molecule has 0 saturated carbocycles. The molecule has 0 bridgehead atoms. The third-order valence-corrected chi connectivity index (χ3v) is 4.58. The summed E-state index contributed by atoms with van der Waals surface area (Å²) in [6, 6.07) is 9.71. The fraction of sp³-hybridized carbons (Fsp3) is 0.389. The second-order valence-corrected chi connectivity index (χ2v) is 6.48. The Morgan fingerprint density at radius 3 is 2.69 bits per heavy atom. The molecular weight excluding hydrogens is 375 g/mol. The van der Waals surface area contributed by atoms with E-state index in [0.717, 1.165) is 24.9 Å². The SMILES string of the molecule is Cl.O=C(OCc1ccccc1)N1CCC(CNc2ncncc2Cl)CC1. The fourth-order valence-corrected chi connectivity index (χ4v) is 2.99. The molecule has 1 amide bonds. The van der Waals surface area contributed by atoms with Crippen molar-refractivity contribution in [2.45, 2.75) is 19.4 Å². The van der Waals surface area contributed by atoms with Gasteiger partial charge in [-0.3, -0.25) is 0 Å². The molecule has 0 radical (unpaired) electrons. The number of amides is 1. The Balaban J connectivity index is 0.00000243. The molecule has 0 unspecified atom stereocenters. The molecule has 1 aromatic carbocycles. The highest BCUT2D eigenvalue weighted by Gasteiger charge is 2.23. The second-order valence-electron chi connectivity index (χ2n) is 6.07. The first kappa shape index (κ1) is 20.3. The Morgan fingerprint density at radius 2 is 2.00 bits per heavy atom. The first-order valence-electron chi connectivity index (χ1n) is 8.37. The second kappa shape index (κ2) is 10.2. The Labute approximate surface area is 164 Å². The molecule has 1 aliphatic heterocycles. The molecule has 1 aliphatic rings. The summed E-state index contributed by atoms with van der Waals surface area (Å²) in [6.07, 6.45) is 4.66. The van der Waals surface area contributed by atoms with Gasteiger partial charge in [-0.1, -0.05) is 41.9 Å². The zero-order valence-corrected chi connectivity index (χ0v) is 15.9. The molecule has 2 aromatic rings. The molecular formula is C18H22Cl2N4O2. The summed E-state index contributed by atoms with van der Waals surface area (Å²) in [5.74, 6) is 1.13. The van der Waals surface area contributed by atoms with Crippen LogP contribution < -0.4 is 5.32 Å². The van der Waals surface area contributed by atoms with Gasteiger partial charge in [-0.2, -0.15) is 0 Å². The average molecular weight is 397 g/mol. The normalized spacial score (nSPS) is 14.4. The number of likely N-dealkylation sites (tertiary alicyclic amines) is 1. The van der Waals surface area contributed by atoms with Crippen LogP contribution in [-0.2, 0) is 11.3 Å². The number of carbonyl (C=O) groups is 1. The first-order chi connectivity index (χ1) is 12.2. The monoisotopic (exact) mass is 396 g/mol. The molecule has 2 heterocycles. The molecule has 1 fully saturated rings. The predicted molar refractivity (Wildman–Crippen MR) is 104 cm³/mol. The molecule has 8 heteroatoms. The van der Waals surface area contributed by atoms with E-state index in [1.54, 1.807) is 11.1 Å². The summed E-state index contributed by atoms with van der Waals surface area (Å²) < 4.78 is 5.38. The number of halogens is 2. The van der Waals surface area contributed by atoms with Crippen LogP contribution in [0.1, 0.15) is 18.4 Å². The van der Waals surface area contributed by atoms with E-state index in [2.05, 4.69) is 15.3 Å². The van der Waals surface area contributed by atoms with Crippen LogP contribution in [0, 0.1) is 5.92 Å². The van der Waals surface area contributed by atoms with Gasteiger partial charge in [-0.05, 0) is 24.3 Å². The number of piperidine rings is 1. The van der Waals surface area contributed by atoms with Crippen LogP contribution in [0.2, 0.25) is 5.02 Å². The van der Waals surface area contributed by atoms with E-state index in [1.807, 2.05) is 30.3 Å². The van der Waals surface area contributed by atoms with Crippen molar-refractivity contribution in [3.8, 4) is 0 Å². The number of nitrogens with one attached hydrogen (secondary N) is 1. The largest absolute Gasteiger partial charge is 0.445 e. The highest BCUT2D eigenvalue weighted by atomic mass is 35.5. The van der Waals surface area contributed by atoms with E-state index in [1.165, 1.54) is 6.33 Å². The number of aromatic nitrogens is 2. The number of benzene rings is 1. The topological polar surface area (TPSA) is 67.3 Å². The van der Waals surface area contributed by atoms with Crippen LogP contribution >= 0.6 is 24.0 Å². The minimum absolute atomic E-state index is 0. The summed E-state index contributed by atoms with van der Waals surface area (Å²) >= 11 is 6.04. The Bertz CT molecular complexity index is 695. The number of hydrogen-bond donors (Lipinski definition) is 1. The van der Waals surface area contributed by atoms with Crippen molar-refractivity contribution in [3.63, 3.8) is 0 Å². The molecule has 1 N–H and O–H groups in total. The van der Waals surface area contributed by atoms with Crippen LogP contribution in [0.3, 0.4) is 0 Å². The van der Waals surface area contributed by atoms with Gasteiger partial charge in [0.05, 0.1) is 6.20 Å². The van der Waals surface area contributed by atoms with Crippen molar-refractivity contribution in [3.05, 3.63) is 53.4 Å². The Morgan fingerprint density at radius 1 is 1.27 bits per heavy atom. The number of nitrogens with zero attached hydrogens (tertiary/aromatic N) is 3. The maximum Gasteiger partial charge on any atom is 0.410 e. The maximum absolute atomic E-state index is 12.2. The summed E-state index contributed by atoms with van der Waals surface area (Å²) in [7, 11) is 0. The van der Waals surface area contributed by atoms with Gasteiger partial charge in [0.2, 0.25) is 0 Å². The van der Waals surface area contributed by atoms with Crippen molar-refractivity contribution >= 4 is 35.9 Å². The fourth-order valence-electron chi connectivity index (χ4n) is 2.81. The van der Waals surface area contributed by atoms with E-state index < -0.39 is 0 Å². The molecule has 0 atom stereocenters. The quantitative estimate of drug-likeness (QED) is 0.826. The molecule has 0 spiro atoms. The molecule has 3 rings (SSSR count). The van der Waals surface area contributed by atoms with Crippen LogP contribution in [0.25, 0.3) is 0 Å². The number of ether oxygens (including phenoxy) is 1. The Hall–Kier alpha value is -2.05. The Kier molecular flexibility index (Phi) is 7.94. The van der Waals surface area contributed by atoms with Gasteiger partial charge in [0.25, 0.3) is 0 Å². The van der Waals surface area contributed by atoms with Crippen LogP contribution in [0.15, 0.2) is 42.9 Å². The van der Waals surface area contributed by atoms with Crippen molar-refractivity contribution in [2.75, 3.05) is 25.0 Å². The molecule has 1 saturated heterocycles. The highest BCUT2D eigenvalue weighted by Crippen LogP contribution is 2.21.